The lowest BCUT2D eigenvalue weighted by molar-refractivity contribution is 0.390. The van der Waals surface area contributed by atoms with Crippen LogP contribution in [0.15, 0.2) is 203 Å². The van der Waals surface area contributed by atoms with Gasteiger partial charge in [0.25, 0.3) is 0 Å². The van der Waals surface area contributed by atoms with Crippen molar-refractivity contribution in [2.75, 3.05) is 113 Å². The van der Waals surface area contributed by atoms with Gasteiger partial charge in [-0.3, -0.25) is 52.1 Å². The van der Waals surface area contributed by atoms with Crippen molar-refractivity contribution < 1.29 is 26.5 Å². The lowest BCUT2D eigenvalue weighted by Gasteiger charge is -2.35. The molecule has 8 atom stereocenters. The van der Waals surface area contributed by atoms with Gasteiger partial charge in [0.2, 0.25) is 53.6 Å². The minimum Gasteiger partial charge on any atom is -0.464 e. The zero-order valence-electron chi connectivity index (χ0n) is 89.7. The van der Waals surface area contributed by atoms with Crippen molar-refractivity contribution >= 4 is 95.4 Å². The lowest BCUT2D eigenvalue weighted by Crippen LogP contribution is -2.61. The van der Waals surface area contributed by atoms with Crippen molar-refractivity contribution in [3.8, 4) is 0 Å². The van der Waals surface area contributed by atoms with Crippen LogP contribution in [0.3, 0.4) is 0 Å². The summed E-state index contributed by atoms with van der Waals surface area (Å²) in [5.74, 6) is 22.4. The first-order chi connectivity index (χ1) is 68.2. The molecule has 784 valence electrons. The standard InChI is InChI=1S/C14H24N6.C13H22N6.C13H21N5O.2C12H19N5O.2C11H17N5O.C10H15N5O/c1-10-7-8-12(15-10)9-19(5)14-17-11(2)16-13(18(3)4)20(14)6;1-9-6-7-11(14-9)8-19(5)13-16-10(2)15-12(17-13)18(3)4;1-9-6-7-11(19-9)8-18(5)13-15-10(2)14-12(16-13)17(3)4;1-8-5-6-10(18-8)7-13-11-14-9(2)15-12(16-11)17(3)4;1-8-5-6-10(18-8)7-17(4)12-15-9(2)14-11(13-3)16-12;1-7-4-5-9(17-7)6-16(3)11-14-8(2)13-10(12)15-11;1-7-4-5-9(17-7)6-13-11-15-8(2)14-10(12-3)16-11;1-6-3-4-8(16-6)5-12-10-14-7(2)13-9(11)15-10/h7-8,11,15H,9H2,1-6H3;6-7,10,14H,8H2,1-5H3,(H,15,16,17);6-7,10H,8H2,1-5H3,(H,14,15,16);2*5-6,9H,7H2,1-4H3,(H2,13,14,15,16);4-5,8H,6H2,1-3H3,(H3,12,13,14,15);4-5,8H,6H2,1-3H3,(H3,12,13,14,15,16);3-4,7H,5H2,1-2H3,(H4,11,12,13,14,15). The second-order valence-electron chi connectivity index (χ2n) is 35.9. The van der Waals surface area contributed by atoms with Crippen LogP contribution < -0.4 is 75.3 Å². The number of aliphatic imine (C=N–C) groups is 16. The monoisotopic (exact) mass is 1990 g/mol. The molecule has 8 aromatic heterocycles. The maximum atomic E-state index is 5.66. The normalized spacial score (nSPS) is 20.4. The summed E-state index contributed by atoms with van der Waals surface area (Å²) < 4.78 is 33.0. The molecule has 0 amide bonds. The van der Waals surface area contributed by atoms with Crippen molar-refractivity contribution in [3.63, 3.8) is 0 Å². The maximum absolute atomic E-state index is 5.66. The molecule has 144 heavy (non-hydrogen) atoms. The van der Waals surface area contributed by atoms with Crippen LogP contribution in [0, 0.1) is 55.4 Å². The Hall–Kier alpha value is -15.8. The zero-order valence-corrected chi connectivity index (χ0v) is 89.7. The smallest absolute Gasteiger partial charge is 0.205 e. The number of aromatic nitrogens is 2. The van der Waals surface area contributed by atoms with Crippen molar-refractivity contribution in [1.82, 2.24) is 123 Å². The fraction of sp³-hybridized carbons (Fsp3) is 0.500. The van der Waals surface area contributed by atoms with Gasteiger partial charge in [0.1, 0.15) is 132 Å². The van der Waals surface area contributed by atoms with Crippen LogP contribution in [0.5, 0.6) is 0 Å². The van der Waals surface area contributed by atoms with Gasteiger partial charge in [-0.15, -0.1) is 0 Å². The molecule has 0 saturated carbocycles. The quantitative estimate of drug-likeness (QED) is 0.0471. The predicted molar refractivity (Wildman–Crippen MR) is 575 cm³/mol. The summed E-state index contributed by atoms with van der Waals surface area (Å²) in [6.07, 6.45) is -0.249. The third-order valence-corrected chi connectivity index (χ3v) is 21.1. The van der Waals surface area contributed by atoms with Gasteiger partial charge in [-0.25, -0.2) is 69.9 Å². The summed E-state index contributed by atoms with van der Waals surface area (Å²) in [5, 5.41) is 37.2. The second-order valence-corrected chi connectivity index (χ2v) is 35.9. The number of furan rings is 6. The van der Waals surface area contributed by atoms with Gasteiger partial charge >= 0.3 is 0 Å². The fourth-order valence-corrected chi connectivity index (χ4v) is 14.2. The van der Waals surface area contributed by atoms with E-state index in [1.807, 2.05) is 301 Å². The molecule has 8 aliphatic rings. The average molecular weight is 1990 g/mol. The first-order valence-corrected chi connectivity index (χ1v) is 47.5. The van der Waals surface area contributed by atoms with E-state index in [0.29, 0.717) is 75.0 Å². The van der Waals surface area contributed by atoms with Crippen LogP contribution >= 0.6 is 0 Å². The Kier molecular flexibility index (Phi) is 41.7. The highest BCUT2D eigenvalue weighted by atomic mass is 16.4. The Morgan fingerprint density at radius 1 is 0.292 bits per heavy atom. The third kappa shape index (κ3) is 37.0. The molecule has 0 spiro atoms. The van der Waals surface area contributed by atoms with Gasteiger partial charge in [-0.05, 0) is 208 Å². The van der Waals surface area contributed by atoms with Crippen molar-refractivity contribution in [2.24, 2.45) is 91.3 Å². The molecule has 1 saturated heterocycles. The summed E-state index contributed by atoms with van der Waals surface area (Å²) in [7, 11) is 31.1. The number of nitrogens with two attached hydrogens (primary N) is 2. The number of nitrogens with zero attached hydrogens (tertiary/aromatic N) is 26. The predicted octanol–water partition coefficient (Wildman–Crippen LogP) is 6.84. The topological polar surface area (TPSA) is 537 Å². The first kappa shape index (κ1) is 112. The van der Waals surface area contributed by atoms with E-state index in [-0.39, 0.29) is 49.3 Å². The molecule has 8 aromatic rings. The lowest BCUT2D eigenvalue weighted by atomic mass is 10.4. The number of guanidine groups is 16. The van der Waals surface area contributed by atoms with E-state index < -0.39 is 0 Å². The molecule has 16 heterocycles. The van der Waals surface area contributed by atoms with Gasteiger partial charge in [-0.1, -0.05) is 0 Å². The molecule has 0 bridgehead atoms. The SMILES string of the molecule is CN=C1NC(=NCc2ccc(C)o2)NC(C)N1.CN=C1NC(N(C)Cc2ccc(C)o2)=NC(C)N1.Cc1ccc(CN(C)C2=NC(C)N=C(N(C)C)N2)[nH]1.Cc1ccc(CN(C)C2=NC(C)N=C(N(C)C)N2)o1.Cc1ccc(CN(C)C2=NC(C)N=C(N(C)C)N2C)[nH]1.Cc1ccc(CN(C)C2=NC(C)N=C(N)N2)o1.Cc1ccc(CN=C2NC(N(C)C)=NC(C)N2)o1.Cc1ccc(CN=C2NC(N)=NC(C)N2)o1. The first-order valence-electron chi connectivity index (χ1n) is 47.5. The zero-order chi connectivity index (χ0) is 105. The number of hydrogen-bond acceptors (Lipinski definition) is 37. The molecular formula is C96H154N42O6. The highest BCUT2D eigenvalue weighted by molar-refractivity contribution is 6.04. The molecule has 48 heteroatoms. The Labute approximate surface area is 846 Å². The molecular weight excluding hydrogens is 1840 g/mol. The van der Waals surface area contributed by atoms with Gasteiger partial charge in [0.05, 0.1) is 38.9 Å². The highest BCUT2D eigenvalue weighted by Gasteiger charge is 2.28. The third-order valence-electron chi connectivity index (χ3n) is 21.1. The van der Waals surface area contributed by atoms with E-state index in [2.05, 4.69) is 209 Å². The van der Waals surface area contributed by atoms with E-state index in [1.165, 1.54) is 22.8 Å². The van der Waals surface area contributed by atoms with Crippen molar-refractivity contribution in [3.05, 3.63) is 189 Å². The Bertz CT molecular complexity index is 5860. The summed E-state index contributed by atoms with van der Waals surface area (Å²) in [6.45, 7) is 36.4. The largest absolute Gasteiger partial charge is 0.464 e. The van der Waals surface area contributed by atoms with Gasteiger partial charge in [0.15, 0.2) is 41.7 Å². The van der Waals surface area contributed by atoms with E-state index >= 15 is 0 Å². The number of aryl methyl sites for hydroxylation is 8. The van der Waals surface area contributed by atoms with Crippen molar-refractivity contribution in [2.45, 2.75) is 212 Å². The molecule has 18 N–H and O–H groups in total. The number of nitrogens with one attached hydrogen (secondary N) is 14. The molecule has 8 unspecified atom stereocenters. The number of H-pyrrole nitrogens is 2. The molecule has 8 aliphatic heterocycles. The molecule has 0 aliphatic carbocycles. The summed E-state index contributed by atoms with van der Waals surface area (Å²) >= 11 is 0. The van der Waals surface area contributed by atoms with Gasteiger partial charge < -0.3 is 119 Å². The summed E-state index contributed by atoms with van der Waals surface area (Å²) in [6, 6.07) is 31.7. The van der Waals surface area contributed by atoms with Crippen LogP contribution in [-0.2, 0) is 52.4 Å². The van der Waals surface area contributed by atoms with Crippen LogP contribution in [0.25, 0.3) is 0 Å². The van der Waals surface area contributed by atoms with Crippen LogP contribution in [0.4, 0.5) is 0 Å². The Balaban J connectivity index is 0.000000183. The van der Waals surface area contributed by atoms with Gasteiger partial charge in [0, 0.05) is 136 Å². The van der Waals surface area contributed by atoms with Crippen LogP contribution in [0.2, 0.25) is 0 Å². The van der Waals surface area contributed by atoms with Crippen LogP contribution in [0.1, 0.15) is 147 Å². The van der Waals surface area contributed by atoms with E-state index in [9.17, 15) is 0 Å². The average Bonchev–Trinajstić information content (AvgIpc) is 1.78. The minimum absolute atomic E-state index is 0.0146. The van der Waals surface area contributed by atoms with E-state index in [1.54, 1.807) is 14.1 Å². The highest BCUT2D eigenvalue weighted by Crippen LogP contribution is 2.19. The second kappa shape index (κ2) is 53.7. The Morgan fingerprint density at radius 2 is 0.590 bits per heavy atom. The maximum Gasteiger partial charge on any atom is 0.205 e. The van der Waals surface area contributed by atoms with Gasteiger partial charge in [-0.2, -0.15) is 0 Å². The van der Waals surface area contributed by atoms with E-state index in [4.69, 9.17) is 38.0 Å². The number of rotatable bonds is 16. The summed E-state index contributed by atoms with van der Waals surface area (Å²) in [4.78, 5) is 96.5. The summed E-state index contributed by atoms with van der Waals surface area (Å²) in [5.41, 5.74) is 15.9. The van der Waals surface area contributed by atoms with Crippen LogP contribution in [-0.4, -0.2) is 316 Å². The minimum atomic E-state index is -0.146. The molecule has 16 rings (SSSR count). The number of hydrogen-bond donors (Lipinski definition) is 16. The molecule has 0 aromatic carbocycles. The molecule has 1 fully saturated rings. The number of aromatic amines is 2. The Morgan fingerprint density at radius 3 is 0.958 bits per heavy atom. The molecule has 48 nitrogen and oxygen atoms in total. The molecule has 0 radical (unpaired) electrons. The fourth-order valence-electron chi connectivity index (χ4n) is 14.2. The van der Waals surface area contributed by atoms with Crippen molar-refractivity contribution in [1.29, 1.82) is 0 Å². The van der Waals surface area contributed by atoms with E-state index in [0.717, 1.165) is 142 Å².